The Kier molecular flexibility index (Phi) is 5.18. The first-order valence-corrected chi connectivity index (χ1v) is 11.0. The number of amides is 2. The second kappa shape index (κ2) is 8.28. The van der Waals surface area contributed by atoms with Gasteiger partial charge in [0.2, 0.25) is 11.0 Å². The van der Waals surface area contributed by atoms with Crippen molar-refractivity contribution in [1.82, 2.24) is 15.1 Å². The molecule has 31 heavy (non-hydrogen) atoms. The van der Waals surface area contributed by atoms with Crippen molar-refractivity contribution in [3.63, 3.8) is 0 Å². The molecule has 5 rings (SSSR count). The van der Waals surface area contributed by atoms with Crippen LogP contribution < -0.4 is 5.32 Å². The van der Waals surface area contributed by atoms with Gasteiger partial charge in [0.1, 0.15) is 11.0 Å². The Balaban J connectivity index is 1.32. The highest BCUT2D eigenvalue weighted by atomic mass is 32.1. The Hall–Kier alpha value is -3.58. The maximum absolute atomic E-state index is 13.2. The Bertz CT molecular complexity index is 1250. The number of aromatic nitrogens is 2. The first kappa shape index (κ1) is 19.4. The third-order valence-corrected chi connectivity index (χ3v) is 6.38. The molecule has 1 N–H and O–H groups in total. The molecule has 1 saturated heterocycles. The zero-order chi connectivity index (χ0) is 21.2. The number of rotatable bonds is 4. The Morgan fingerprint density at radius 3 is 2.55 bits per heavy atom. The van der Waals surface area contributed by atoms with Gasteiger partial charge in [-0.1, -0.05) is 72.0 Å². The van der Waals surface area contributed by atoms with E-state index >= 15 is 0 Å². The quantitative estimate of drug-likeness (QED) is 0.515. The van der Waals surface area contributed by atoms with E-state index in [1.807, 2.05) is 72.8 Å². The summed E-state index contributed by atoms with van der Waals surface area (Å²) in [7, 11) is 0. The van der Waals surface area contributed by atoms with Crippen LogP contribution in [0.3, 0.4) is 0 Å². The van der Waals surface area contributed by atoms with Crippen molar-refractivity contribution in [1.29, 1.82) is 0 Å². The normalized spacial score (nSPS) is 15.9. The van der Waals surface area contributed by atoms with E-state index in [4.69, 9.17) is 0 Å². The number of carbonyl (C=O) groups is 2. The molecule has 7 heteroatoms. The fourth-order valence-corrected chi connectivity index (χ4v) is 4.68. The second-order valence-corrected chi connectivity index (χ2v) is 8.46. The summed E-state index contributed by atoms with van der Waals surface area (Å²) in [6.45, 7) is 0.565. The maximum Gasteiger partial charge on any atom is 0.254 e. The summed E-state index contributed by atoms with van der Waals surface area (Å²) in [5, 5.41) is 14.4. The van der Waals surface area contributed by atoms with E-state index in [1.54, 1.807) is 4.90 Å². The molecule has 0 spiro atoms. The molecule has 1 aromatic heterocycles. The van der Waals surface area contributed by atoms with Crippen molar-refractivity contribution in [2.45, 2.75) is 18.9 Å². The summed E-state index contributed by atoms with van der Waals surface area (Å²) < 4.78 is 0. The van der Waals surface area contributed by atoms with E-state index in [0.717, 1.165) is 27.8 Å². The molecule has 0 radical (unpaired) electrons. The second-order valence-electron chi connectivity index (χ2n) is 7.49. The van der Waals surface area contributed by atoms with Crippen molar-refractivity contribution in [2.75, 3.05) is 11.9 Å². The molecule has 0 saturated carbocycles. The van der Waals surface area contributed by atoms with Crippen molar-refractivity contribution in [3.8, 4) is 10.6 Å². The molecule has 1 unspecified atom stereocenters. The highest BCUT2D eigenvalue weighted by molar-refractivity contribution is 7.18. The molecular weight excluding hydrogens is 408 g/mol. The highest BCUT2D eigenvalue weighted by Gasteiger charge is 2.35. The number of hydrogen-bond acceptors (Lipinski definition) is 5. The van der Waals surface area contributed by atoms with Crippen LogP contribution in [0.4, 0.5) is 5.13 Å². The van der Waals surface area contributed by atoms with Crippen LogP contribution in [0, 0.1) is 0 Å². The third-order valence-electron chi connectivity index (χ3n) is 5.49. The van der Waals surface area contributed by atoms with E-state index in [1.165, 1.54) is 11.3 Å². The molecule has 6 nitrogen and oxygen atoms in total. The smallest absolute Gasteiger partial charge is 0.254 e. The zero-order valence-corrected chi connectivity index (χ0v) is 17.5. The minimum Gasteiger partial charge on any atom is -0.327 e. The number of fused-ring (bicyclic) bond motifs is 1. The van der Waals surface area contributed by atoms with Crippen molar-refractivity contribution >= 4 is 39.1 Å². The molecular formula is C24H20N4O2S. The van der Waals surface area contributed by atoms with E-state index in [9.17, 15) is 9.59 Å². The van der Waals surface area contributed by atoms with Gasteiger partial charge >= 0.3 is 0 Å². The lowest BCUT2D eigenvalue weighted by Gasteiger charge is -2.23. The minimum absolute atomic E-state index is 0.120. The molecule has 0 aliphatic carbocycles. The molecule has 1 aliphatic rings. The lowest BCUT2D eigenvalue weighted by Crippen LogP contribution is -2.43. The van der Waals surface area contributed by atoms with Crippen LogP contribution in [0.2, 0.25) is 0 Å². The van der Waals surface area contributed by atoms with Crippen LogP contribution in [0.25, 0.3) is 21.3 Å². The standard InChI is InChI=1S/C24H20N4O2S/c29-21(25-24-27-26-22(31-24)17-8-2-1-3-9-17)20-11-6-14-28(20)23(30)19-13-12-16-7-4-5-10-18(16)15-19/h1-5,7-10,12-13,15,20H,6,11,14H2,(H,25,27,29). The lowest BCUT2D eigenvalue weighted by molar-refractivity contribution is -0.119. The number of nitrogens with zero attached hydrogens (tertiary/aromatic N) is 3. The monoisotopic (exact) mass is 428 g/mol. The van der Waals surface area contributed by atoms with Gasteiger partial charge in [-0.25, -0.2) is 0 Å². The van der Waals surface area contributed by atoms with Crippen LogP contribution >= 0.6 is 11.3 Å². The fourth-order valence-electron chi connectivity index (χ4n) is 3.93. The minimum atomic E-state index is -0.511. The van der Waals surface area contributed by atoms with Gasteiger partial charge in [-0.05, 0) is 35.7 Å². The Labute approximate surface area is 183 Å². The number of hydrogen-bond donors (Lipinski definition) is 1. The summed E-state index contributed by atoms with van der Waals surface area (Å²) >= 11 is 1.32. The predicted octanol–water partition coefficient (Wildman–Crippen LogP) is 4.60. The molecule has 1 aliphatic heterocycles. The van der Waals surface area contributed by atoms with Gasteiger partial charge in [0.25, 0.3) is 5.91 Å². The highest BCUT2D eigenvalue weighted by Crippen LogP contribution is 2.28. The summed E-state index contributed by atoms with van der Waals surface area (Å²) in [6.07, 6.45) is 1.43. The van der Waals surface area contributed by atoms with Crippen LogP contribution in [-0.2, 0) is 4.79 Å². The number of benzene rings is 3. The first-order valence-electron chi connectivity index (χ1n) is 10.2. The third kappa shape index (κ3) is 3.92. The van der Waals surface area contributed by atoms with Gasteiger partial charge in [-0.3, -0.25) is 14.9 Å². The number of nitrogens with one attached hydrogen (secondary N) is 1. The van der Waals surface area contributed by atoms with Crippen molar-refractivity contribution in [3.05, 3.63) is 78.4 Å². The molecule has 1 atom stereocenters. The van der Waals surface area contributed by atoms with Gasteiger partial charge < -0.3 is 4.90 Å². The summed E-state index contributed by atoms with van der Waals surface area (Å²) in [4.78, 5) is 27.8. The van der Waals surface area contributed by atoms with Crippen LogP contribution in [0.15, 0.2) is 72.8 Å². The summed E-state index contributed by atoms with van der Waals surface area (Å²) in [5.74, 6) is -0.340. The average molecular weight is 429 g/mol. The first-order chi connectivity index (χ1) is 15.2. The van der Waals surface area contributed by atoms with E-state index in [2.05, 4.69) is 15.5 Å². The van der Waals surface area contributed by atoms with E-state index in [-0.39, 0.29) is 11.8 Å². The van der Waals surface area contributed by atoms with Crippen molar-refractivity contribution < 1.29 is 9.59 Å². The molecule has 0 bridgehead atoms. The predicted molar refractivity (Wildman–Crippen MR) is 122 cm³/mol. The summed E-state index contributed by atoms with van der Waals surface area (Å²) in [5.41, 5.74) is 1.55. The average Bonchev–Trinajstić information content (AvgIpc) is 3.49. The Morgan fingerprint density at radius 2 is 1.71 bits per heavy atom. The van der Waals surface area contributed by atoms with Gasteiger partial charge in [-0.15, -0.1) is 10.2 Å². The van der Waals surface area contributed by atoms with E-state index in [0.29, 0.717) is 23.7 Å². The van der Waals surface area contributed by atoms with Gasteiger partial charge in [0.05, 0.1) is 0 Å². The SMILES string of the molecule is O=C(Nc1nnc(-c2ccccc2)s1)C1CCCN1C(=O)c1ccc2ccccc2c1. The van der Waals surface area contributed by atoms with Gasteiger partial charge in [0.15, 0.2) is 0 Å². The molecule has 2 heterocycles. The largest absolute Gasteiger partial charge is 0.327 e. The number of carbonyl (C=O) groups excluding carboxylic acids is 2. The Morgan fingerprint density at radius 1 is 0.935 bits per heavy atom. The zero-order valence-electron chi connectivity index (χ0n) is 16.7. The van der Waals surface area contributed by atoms with Crippen molar-refractivity contribution in [2.24, 2.45) is 0 Å². The molecule has 3 aromatic carbocycles. The molecule has 2 amide bonds. The van der Waals surface area contributed by atoms with Gasteiger partial charge in [-0.2, -0.15) is 0 Å². The molecule has 4 aromatic rings. The van der Waals surface area contributed by atoms with E-state index < -0.39 is 6.04 Å². The number of anilines is 1. The van der Waals surface area contributed by atoms with Gasteiger partial charge in [0, 0.05) is 17.7 Å². The molecule has 154 valence electrons. The van der Waals surface area contributed by atoms with Crippen LogP contribution in [0.5, 0.6) is 0 Å². The maximum atomic E-state index is 13.2. The summed E-state index contributed by atoms with van der Waals surface area (Å²) in [6, 6.07) is 22.8. The molecule has 1 fully saturated rings. The fraction of sp³-hybridized carbons (Fsp3) is 0.167. The topological polar surface area (TPSA) is 75.2 Å². The number of likely N-dealkylation sites (tertiary alicyclic amines) is 1. The van der Waals surface area contributed by atoms with Crippen LogP contribution in [-0.4, -0.2) is 39.5 Å². The van der Waals surface area contributed by atoms with Crippen LogP contribution in [0.1, 0.15) is 23.2 Å². The lowest BCUT2D eigenvalue weighted by atomic mass is 10.1.